The summed E-state index contributed by atoms with van der Waals surface area (Å²) in [4.78, 5) is 27.4. The number of pyridine rings is 1. The van der Waals surface area contributed by atoms with E-state index in [1.807, 2.05) is 0 Å². The lowest BCUT2D eigenvalue weighted by Crippen LogP contribution is -2.05. The van der Waals surface area contributed by atoms with E-state index < -0.39 is 11.9 Å². The summed E-state index contributed by atoms with van der Waals surface area (Å²) in [7, 11) is 0. The summed E-state index contributed by atoms with van der Waals surface area (Å²) in [6.45, 7) is 0.0958. The summed E-state index contributed by atoms with van der Waals surface area (Å²) in [6.07, 6.45) is 3.41. The van der Waals surface area contributed by atoms with Crippen LogP contribution < -0.4 is 0 Å². The topological polar surface area (TPSA) is 117 Å². The van der Waals surface area contributed by atoms with Gasteiger partial charge in [-0.05, 0) is 59.0 Å². The predicted molar refractivity (Wildman–Crippen MR) is 117 cm³/mol. The molecule has 0 aliphatic heterocycles. The first-order valence-corrected chi connectivity index (χ1v) is 9.78. The van der Waals surface area contributed by atoms with E-state index in [1.54, 1.807) is 48.8 Å². The van der Waals surface area contributed by atoms with Crippen LogP contribution in [-0.4, -0.2) is 32.2 Å². The molecule has 0 spiro atoms. The molecule has 1 heterocycles. The Morgan fingerprint density at radius 2 is 1.53 bits per heavy atom. The van der Waals surface area contributed by atoms with Crippen LogP contribution in [0, 0.1) is 0 Å². The smallest absolute Gasteiger partial charge is 0.338 e. The molecule has 1 aromatic heterocycles. The third kappa shape index (κ3) is 4.37. The van der Waals surface area contributed by atoms with Gasteiger partial charge in [-0.3, -0.25) is 4.98 Å². The lowest BCUT2D eigenvalue weighted by atomic mass is 9.97. The summed E-state index contributed by atoms with van der Waals surface area (Å²) >= 11 is 0. The number of benzene rings is 3. The number of carbonyl (C=O) groups excluding carboxylic acids is 1. The van der Waals surface area contributed by atoms with E-state index in [0.29, 0.717) is 16.3 Å². The first-order chi connectivity index (χ1) is 15.4. The lowest BCUT2D eigenvalue weighted by molar-refractivity contribution is 0.0472. The highest BCUT2D eigenvalue weighted by atomic mass is 16.5. The van der Waals surface area contributed by atoms with Gasteiger partial charge in [0.2, 0.25) is 0 Å². The maximum atomic E-state index is 12.5. The van der Waals surface area contributed by atoms with Gasteiger partial charge in [-0.25, -0.2) is 9.59 Å². The molecule has 4 rings (SSSR count). The fourth-order valence-corrected chi connectivity index (χ4v) is 3.39. The Hall–Kier alpha value is -4.39. The number of phenolic OH excluding ortho intramolecular Hbond substituents is 2. The number of nitrogens with zero attached hydrogens (tertiary/aromatic N) is 1. The van der Waals surface area contributed by atoms with Gasteiger partial charge >= 0.3 is 11.9 Å². The van der Waals surface area contributed by atoms with Gasteiger partial charge in [-0.15, -0.1) is 0 Å². The number of aromatic carboxylic acids is 1. The molecule has 160 valence electrons. The zero-order chi connectivity index (χ0) is 22.7. The zero-order valence-electron chi connectivity index (χ0n) is 16.9. The number of fused-ring (bicyclic) bond motifs is 1. The Bertz CT molecular complexity index is 1300. The van der Waals surface area contributed by atoms with E-state index in [2.05, 4.69) is 4.98 Å². The van der Waals surface area contributed by atoms with E-state index >= 15 is 0 Å². The van der Waals surface area contributed by atoms with Crippen LogP contribution in [0.25, 0.3) is 10.8 Å². The van der Waals surface area contributed by atoms with Crippen LogP contribution in [0.15, 0.2) is 73.1 Å². The SMILES string of the molecule is O=C(O)c1ccc(Cc2c(O)cc3ccc(C(=O)OCc4ccncc4)cc3c2O)cc1. The third-order valence-electron chi connectivity index (χ3n) is 5.13. The third-order valence-corrected chi connectivity index (χ3v) is 5.13. The fourth-order valence-electron chi connectivity index (χ4n) is 3.39. The van der Waals surface area contributed by atoms with Crippen molar-refractivity contribution < 1.29 is 29.6 Å². The van der Waals surface area contributed by atoms with E-state index in [9.17, 15) is 19.8 Å². The molecular formula is C25H19NO6. The first kappa shape index (κ1) is 20.9. The number of carboxylic acids is 1. The lowest BCUT2D eigenvalue weighted by Gasteiger charge is -2.12. The molecule has 0 saturated heterocycles. The van der Waals surface area contributed by atoms with Crippen molar-refractivity contribution in [3.63, 3.8) is 0 Å². The van der Waals surface area contributed by atoms with Gasteiger partial charge in [0, 0.05) is 29.8 Å². The van der Waals surface area contributed by atoms with Crippen molar-refractivity contribution in [2.45, 2.75) is 13.0 Å². The standard InChI is InChI=1S/C25H19NO6/c27-22-13-18-5-6-19(25(31)32-14-16-7-9-26-10-8-16)12-20(18)23(28)21(22)11-15-1-3-17(4-2-15)24(29)30/h1-10,12-13,27-28H,11,14H2,(H,29,30). The van der Waals surface area contributed by atoms with Gasteiger partial charge in [-0.1, -0.05) is 18.2 Å². The minimum absolute atomic E-state index is 0.0923. The van der Waals surface area contributed by atoms with E-state index in [1.165, 1.54) is 24.3 Å². The summed E-state index contributed by atoms with van der Waals surface area (Å²) in [5.41, 5.74) is 2.22. The quantitative estimate of drug-likeness (QED) is 0.391. The Morgan fingerprint density at radius 1 is 0.844 bits per heavy atom. The number of aromatic nitrogens is 1. The number of carboxylic acid groups (broad SMARTS) is 1. The number of phenols is 2. The Labute approximate surface area is 183 Å². The normalized spacial score (nSPS) is 10.8. The van der Waals surface area contributed by atoms with Crippen molar-refractivity contribution in [2.75, 3.05) is 0 Å². The van der Waals surface area contributed by atoms with Crippen molar-refractivity contribution in [3.8, 4) is 11.5 Å². The number of aromatic hydroxyl groups is 2. The van der Waals surface area contributed by atoms with Crippen molar-refractivity contribution in [1.29, 1.82) is 0 Å². The Kier molecular flexibility index (Phi) is 5.72. The van der Waals surface area contributed by atoms with Crippen molar-refractivity contribution in [2.24, 2.45) is 0 Å². The number of hydrogen-bond acceptors (Lipinski definition) is 6. The van der Waals surface area contributed by atoms with Crippen LogP contribution in [0.1, 0.15) is 37.4 Å². The van der Waals surface area contributed by atoms with Gasteiger partial charge < -0.3 is 20.1 Å². The van der Waals surface area contributed by atoms with Gasteiger partial charge in [-0.2, -0.15) is 0 Å². The molecule has 3 aromatic carbocycles. The van der Waals surface area contributed by atoms with Crippen LogP contribution in [0.4, 0.5) is 0 Å². The molecule has 0 aliphatic rings. The second-order valence-corrected chi connectivity index (χ2v) is 7.27. The molecular weight excluding hydrogens is 410 g/mol. The van der Waals surface area contributed by atoms with Gasteiger partial charge in [0.25, 0.3) is 0 Å². The molecule has 7 heteroatoms. The molecule has 0 aliphatic carbocycles. The number of carbonyl (C=O) groups is 2. The van der Waals surface area contributed by atoms with E-state index in [-0.39, 0.29) is 41.2 Å². The number of hydrogen-bond donors (Lipinski definition) is 3. The van der Waals surface area contributed by atoms with Crippen LogP contribution in [0.2, 0.25) is 0 Å². The Morgan fingerprint density at radius 3 is 2.22 bits per heavy atom. The molecule has 0 saturated carbocycles. The average Bonchev–Trinajstić information content (AvgIpc) is 2.81. The van der Waals surface area contributed by atoms with Gasteiger partial charge in [0.05, 0.1) is 11.1 Å². The molecule has 7 nitrogen and oxygen atoms in total. The molecule has 4 aromatic rings. The largest absolute Gasteiger partial charge is 0.507 e. The maximum absolute atomic E-state index is 12.5. The number of esters is 1. The monoisotopic (exact) mass is 429 g/mol. The second-order valence-electron chi connectivity index (χ2n) is 7.27. The molecule has 0 amide bonds. The minimum atomic E-state index is -1.03. The van der Waals surface area contributed by atoms with Crippen LogP contribution >= 0.6 is 0 Å². The first-order valence-electron chi connectivity index (χ1n) is 9.78. The molecule has 32 heavy (non-hydrogen) atoms. The summed E-state index contributed by atoms with van der Waals surface area (Å²) in [5, 5.41) is 31.3. The van der Waals surface area contributed by atoms with Crippen LogP contribution in [0.3, 0.4) is 0 Å². The summed E-state index contributed by atoms with van der Waals surface area (Å²) < 4.78 is 5.34. The molecule has 0 atom stereocenters. The highest BCUT2D eigenvalue weighted by Gasteiger charge is 2.16. The van der Waals surface area contributed by atoms with Crippen molar-refractivity contribution >= 4 is 22.7 Å². The summed E-state index contributed by atoms with van der Waals surface area (Å²) in [6, 6.07) is 15.9. The number of rotatable bonds is 6. The fraction of sp³-hybridized carbons (Fsp3) is 0.0800. The average molecular weight is 429 g/mol. The highest BCUT2D eigenvalue weighted by Crippen LogP contribution is 2.37. The van der Waals surface area contributed by atoms with Crippen LogP contribution in [-0.2, 0) is 17.8 Å². The molecule has 0 bridgehead atoms. The molecule has 0 unspecified atom stereocenters. The molecule has 3 N–H and O–H groups in total. The highest BCUT2D eigenvalue weighted by molar-refractivity contribution is 5.98. The number of ether oxygens (including phenoxy) is 1. The zero-order valence-corrected chi connectivity index (χ0v) is 16.9. The second kappa shape index (κ2) is 8.77. The van der Waals surface area contributed by atoms with Gasteiger partial charge in [0.15, 0.2) is 0 Å². The molecule has 0 fully saturated rings. The van der Waals surface area contributed by atoms with Crippen molar-refractivity contribution in [1.82, 2.24) is 4.98 Å². The van der Waals surface area contributed by atoms with E-state index in [0.717, 1.165) is 5.56 Å². The minimum Gasteiger partial charge on any atom is -0.507 e. The van der Waals surface area contributed by atoms with Gasteiger partial charge in [0.1, 0.15) is 18.1 Å². The van der Waals surface area contributed by atoms with Crippen LogP contribution in [0.5, 0.6) is 11.5 Å². The molecule has 0 radical (unpaired) electrons. The van der Waals surface area contributed by atoms with Crippen molar-refractivity contribution in [3.05, 3.63) is 101 Å². The Balaban J connectivity index is 1.61. The maximum Gasteiger partial charge on any atom is 0.338 e. The summed E-state index contributed by atoms with van der Waals surface area (Å²) in [5.74, 6) is -1.81. The predicted octanol–water partition coefficient (Wildman–Crippen LogP) is 4.29. The van der Waals surface area contributed by atoms with E-state index in [4.69, 9.17) is 9.84 Å².